The van der Waals surface area contributed by atoms with Crippen LogP contribution in [0, 0.1) is 11.3 Å². The number of hydrogen-bond donors (Lipinski definition) is 1. The van der Waals surface area contributed by atoms with Crippen molar-refractivity contribution in [3.63, 3.8) is 0 Å². The molecule has 0 aliphatic rings. The largest absolute Gasteiger partial charge is 0.497 e. The van der Waals surface area contributed by atoms with E-state index in [2.05, 4.69) is 42.0 Å². The molecule has 3 aromatic rings. The molecule has 0 amide bonds. The average molecular weight is 317 g/mol. The van der Waals surface area contributed by atoms with Crippen LogP contribution >= 0.6 is 0 Å². The lowest BCUT2D eigenvalue weighted by atomic mass is 10.0. The molecule has 0 atom stereocenters. The summed E-state index contributed by atoms with van der Waals surface area (Å²) in [5.74, 6) is 1.81. The van der Waals surface area contributed by atoms with Crippen LogP contribution in [-0.2, 0) is 0 Å². The highest BCUT2D eigenvalue weighted by Gasteiger charge is 2.09. The zero-order valence-electron chi connectivity index (χ0n) is 14.0. The number of methoxy groups -OCH3 is 1. The summed E-state index contributed by atoms with van der Waals surface area (Å²) >= 11 is 0. The minimum atomic E-state index is 0.490. The van der Waals surface area contributed by atoms with Crippen LogP contribution in [-0.4, -0.2) is 17.1 Å². The third-order valence-corrected chi connectivity index (χ3v) is 3.98. The Morgan fingerprint density at radius 3 is 2.58 bits per heavy atom. The quantitative estimate of drug-likeness (QED) is 0.706. The summed E-state index contributed by atoms with van der Waals surface area (Å²) in [6.45, 7) is 4.32. The third-order valence-electron chi connectivity index (χ3n) is 3.98. The summed E-state index contributed by atoms with van der Waals surface area (Å²) in [7, 11) is 1.62. The second kappa shape index (κ2) is 6.59. The minimum Gasteiger partial charge on any atom is -0.497 e. The maximum Gasteiger partial charge on any atom is 0.149 e. The molecule has 0 unspecified atom stereocenters. The zero-order valence-corrected chi connectivity index (χ0v) is 14.0. The van der Waals surface area contributed by atoms with Crippen molar-refractivity contribution in [1.29, 1.82) is 5.26 Å². The van der Waals surface area contributed by atoms with Crippen molar-refractivity contribution in [2.24, 2.45) is 0 Å². The van der Waals surface area contributed by atoms with E-state index in [9.17, 15) is 5.26 Å². The van der Waals surface area contributed by atoms with Gasteiger partial charge in [-0.15, -0.1) is 0 Å². The maximum atomic E-state index is 9.51. The van der Waals surface area contributed by atoms with Crippen molar-refractivity contribution in [2.75, 3.05) is 7.11 Å². The first-order valence-corrected chi connectivity index (χ1v) is 7.86. The molecule has 24 heavy (non-hydrogen) atoms. The molecule has 1 heterocycles. The van der Waals surface area contributed by atoms with Gasteiger partial charge in [-0.1, -0.05) is 38.1 Å². The van der Waals surface area contributed by atoms with E-state index in [0.717, 1.165) is 22.3 Å². The van der Waals surface area contributed by atoms with Gasteiger partial charge in [-0.25, -0.2) is 4.98 Å². The van der Waals surface area contributed by atoms with Crippen LogP contribution in [0.1, 0.15) is 36.7 Å². The van der Waals surface area contributed by atoms with Crippen LogP contribution in [0.4, 0.5) is 0 Å². The summed E-state index contributed by atoms with van der Waals surface area (Å²) in [5, 5.41) is 9.51. The van der Waals surface area contributed by atoms with E-state index in [1.54, 1.807) is 7.11 Å². The highest BCUT2D eigenvalue weighted by molar-refractivity contribution is 5.90. The lowest BCUT2D eigenvalue weighted by Crippen LogP contribution is -1.88. The number of H-pyrrole nitrogens is 1. The lowest BCUT2D eigenvalue weighted by molar-refractivity contribution is 0.415. The first-order chi connectivity index (χ1) is 11.6. The smallest absolute Gasteiger partial charge is 0.149 e. The van der Waals surface area contributed by atoms with Crippen LogP contribution in [0.2, 0.25) is 0 Å². The van der Waals surface area contributed by atoms with E-state index in [1.807, 2.05) is 36.4 Å². The molecule has 4 heteroatoms. The second-order valence-corrected chi connectivity index (χ2v) is 5.96. The van der Waals surface area contributed by atoms with Crippen molar-refractivity contribution in [3.8, 4) is 11.8 Å². The van der Waals surface area contributed by atoms with Crippen molar-refractivity contribution >= 4 is 22.7 Å². The van der Waals surface area contributed by atoms with Crippen molar-refractivity contribution in [2.45, 2.75) is 19.8 Å². The van der Waals surface area contributed by atoms with E-state index in [0.29, 0.717) is 17.3 Å². The predicted molar refractivity (Wildman–Crippen MR) is 96.7 cm³/mol. The normalized spacial score (nSPS) is 11.7. The Kier molecular flexibility index (Phi) is 4.35. The van der Waals surface area contributed by atoms with Gasteiger partial charge in [0.25, 0.3) is 0 Å². The van der Waals surface area contributed by atoms with Crippen molar-refractivity contribution in [1.82, 2.24) is 9.97 Å². The van der Waals surface area contributed by atoms with Gasteiger partial charge in [0, 0.05) is 6.07 Å². The molecule has 1 aromatic heterocycles. The summed E-state index contributed by atoms with van der Waals surface area (Å²) in [4.78, 5) is 7.69. The standard InChI is InChI=1S/C20H19N3O/c1-13(2)15-6-4-14(5-7-15)10-16(12-21)20-22-18-9-8-17(24-3)11-19(18)23-20/h4-11,13H,1-3H3,(H,22,23). The number of nitriles is 1. The number of benzene rings is 2. The van der Waals surface area contributed by atoms with Gasteiger partial charge in [0.05, 0.1) is 23.7 Å². The Morgan fingerprint density at radius 1 is 1.21 bits per heavy atom. The number of hydrogen-bond acceptors (Lipinski definition) is 3. The van der Waals surface area contributed by atoms with Gasteiger partial charge in [0.2, 0.25) is 0 Å². The summed E-state index contributed by atoms with van der Waals surface area (Å²) in [5.41, 5.74) is 4.42. The first kappa shape index (κ1) is 15.8. The first-order valence-electron chi connectivity index (χ1n) is 7.86. The van der Waals surface area contributed by atoms with Crippen LogP contribution in [0.15, 0.2) is 42.5 Å². The molecule has 4 nitrogen and oxygen atoms in total. The fourth-order valence-electron chi connectivity index (χ4n) is 2.54. The molecular weight excluding hydrogens is 298 g/mol. The topological polar surface area (TPSA) is 61.7 Å². The van der Waals surface area contributed by atoms with Crippen LogP contribution in [0.25, 0.3) is 22.7 Å². The summed E-state index contributed by atoms with van der Waals surface area (Å²) in [6, 6.07) is 16.1. The molecule has 0 aliphatic carbocycles. The molecule has 2 aromatic carbocycles. The molecule has 0 radical (unpaired) electrons. The van der Waals surface area contributed by atoms with Crippen molar-refractivity contribution in [3.05, 3.63) is 59.4 Å². The molecule has 0 fully saturated rings. The Bertz CT molecular complexity index is 928. The fourth-order valence-corrected chi connectivity index (χ4v) is 2.54. The number of ether oxygens (including phenoxy) is 1. The average Bonchev–Trinajstić information content (AvgIpc) is 3.02. The highest BCUT2D eigenvalue weighted by Crippen LogP contribution is 2.23. The van der Waals surface area contributed by atoms with E-state index in [-0.39, 0.29) is 0 Å². The van der Waals surface area contributed by atoms with E-state index < -0.39 is 0 Å². The molecule has 0 saturated heterocycles. The van der Waals surface area contributed by atoms with E-state index in [1.165, 1.54) is 5.56 Å². The van der Waals surface area contributed by atoms with Crippen LogP contribution in [0.5, 0.6) is 5.75 Å². The molecule has 0 saturated carbocycles. The molecule has 1 N–H and O–H groups in total. The molecule has 0 bridgehead atoms. The van der Waals surface area contributed by atoms with Crippen LogP contribution in [0.3, 0.4) is 0 Å². The zero-order chi connectivity index (χ0) is 17.1. The van der Waals surface area contributed by atoms with Gasteiger partial charge in [-0.05, 0) is 35.3 Å². The van der Waals surface area contributed by atoms with Gasteiger partial charge in [0.1, 0.15) is 17.6 Å². The Hall–Kier alpha value is -3.06. The van der Waals surface area contributed by atoms with Gasteiger partial charge in [0.15, 0.2) is 0 Å². The number of fused-ring (bicyclic) bond motifs is 1. The third kappa shape index (κ3) is 3.16. The second-order valence-electron chi connectivity index (χ2n) is 5.96. The number of nitrogens with one attached hydrogen (secondary N) is 1. The van der Waals surface area contributed by atoms with Gasteiger partial charge in [-0.2, -0.15) is 5.26 Å². The number of rotatable bonds is 4. The molecule has 0 spiro atoms. The minimum absolute atomic E-state index is 0.490. The summed E-state index contributed by atoms with van der Waals surface area (Å²) < 4.78 is 5.22. The maximum absolute atomic E-state index is 9.51. The SMILES string of the molecule is COc1ccc2nc(C(C#N)=Cc3ccc(C(C)C)cc3)[nH]c2c1. The molecule has 0 aliphatic heterocycles. The number of allylic oxidation sites excluding steroid dienone is 1. The summed E-state index contributed by atoms with van der Waals surface area (Å²) in [6.07, 6.45) is 1.85. The highest BCUT2D eigenvalue weighted by atomic mass is 16.5. The van der Waals surface area contributed by atoms with Gasteiger partial charge in [-0.3, -0.25) is 0 Å². The van der Waals surface area contributed by atoms with Gasteiger partial charge >= 0.3 is 0 Å². The molecular formula is C20H19N3O. The number of aromatic amines is 1. The van der Waals surface area contributed by atoms with E-state index >= 15 is 0 Å². The number of aromatic nitrogens is 2. The molecule has 3 rings (SSSR count). The number of nitrogens with zero attached hydrogens (tertiary/aromatic N) is 2. The monoisotopic (exact) mass is 317 g/mol. The fraction of sp³-hybridized carbons (Fsp3) is 0.200. The lowest BCUT2D eigenvalue weighted by Gasteiger charge is -2.04. The van der Waals surface area contributed by atoms with E-state index in [4.69, 9.17) is 4.74 Å². The van der Waals surface area contributed by atoms with Crippen molar-refractivity contribution < 1.29 is 4.74 Å². The number of imidazole rings is 1. The Balaban J connectivity index is 1.97. The predicted octanol–water partition coefficient (Wildman–Crippen LogP) is 4.76. The Labute approximate surface area is 141 Å². The molecule has 120 valence electrons. The Morgan fingerprint density at radius 2 is 1.96 bits per heavy atom. The van der Waals surface area contributed by atoms with Gasteiger partial charge < -0.3 is 9.72 Å². The van der Waals surface area contributed by atoms with Crippen LogP contribution < -0.4 is 4.74 Å².